The van der Waals surface area contributed by atoms with Gasteiger partial charge in [0, 0.05) is 12.5 Å². The van der Waals surface area contributed by atoms with Crippen molar-refractivity contribution in [2.75, 3.05) is 6.54 Å². The Hall–Kier alpha value is -2.94. The van der Waals surface area contributed by atoms with Crippen LogP contribution < -0.4 is 4.72 Å². The van der Waals surface area contributed by atoms with E-state index in [1.54, 1.807) is 0 Å². The third-order valence-corrected chi connectivity index (χ3v) is 5.90. The first-order valence-corrected chi connectivity index (χ1v) is 10.2. The fraction of sp³-hybridized carbons (Fsp3) is 0.136. The molecule has 0 radical (unpaired) electrons. The van der Waals surface area contributed by atoms with Gasteiger partial charge in [-0.3, -0.25) is 0 Å². The van der Waals surface area contributed by atoms with E-state index in [2.05, 4.69) is 29.0 Å². The van der Waals surface area contributed by atoms with Gasteiger partial charge in [-0.1, -0.05) is 60.7 Å². The Morgan fingerprint density at radius 2 is 1.33 bits per heavy atom. The lowest BCUT2D eigenvalue weighted by Gasteiger charge is -2.18. The number of nitrogens with one attached hydrogen (secondary N) is 1. The van der Waals surface area contributed by atoms with Crippen LogP contribution in [0.1, 0.15) is 29.0 Å². The molecule has 3 rings (SSSR count). The van der Waals surface area contributed by atoms with Crippen LogP contribution in [0.3, 0.4) is 0 Å². The number of nitriles is 1. The number of hydrogen-bond acceptors (Lipinski definition) is 3. The maximum Gasteiger partial charge on any atom is 0.240 e. The van der Waals surface area contributed by atoms with Crippen molar-refractivity contribution in [2.24, 2.45) is 0 Å². The summed E-state index contributed by atoms with van der Waals surface area (Å²) in [6.07, 6.45) is 0.642. The van der Waals surface area contributed by atoms with Gasteiger partial charge in [0.25, 0.3) is 0 Å². The van der Waals surface area contributed by atoms with E-state index in [0.717, 1.165) is 11.1 Å². The van der Waals surface area contributed by atoms with Gasteiger partial charge >= 0.3 is 0 Å². The molecule has 0 aliphatic heterocycles. The molecule has 0 saturated heterocycles. The SMILES string of the molecule is N#Cc1ccc(S(=O)(=O)NCCC(c2ccccc2)c2ccccc2)cc1. The highest BCUT2D eigenvalue weighted by molar-refractivity contribution is 7.89. The predicted octanol–water partition coefficient (Wildman–Crippen LogP) is 4.06. The second-order valence-electron chi connectivity index (χ2n) is 6.20. The number of nitrogens with zero attached hydrogens (tertiary/aromatic N) is 1. The molecule has 0 spiro atoms. The largest absolute Gasteiger partial charge is 0.240 e. The molecule has 0 amide bonds. The van der Waals surface area contributed by atoms with Crippen LogP contribution in [-0.4, -0.2) is 15.0 Å². The second-order valence-corrected chi connectivity index (χ2v) is 7.96. The number of rotatable bonds is 7. The normalized spacial score (nSPS) is 11.3. The third kappa shape index (κ3) is 4.82. The van der Waals surface area contributed by atoms with Gasteiger partial charge in [-0.05, 0) is 41.8 Å². The summed E-state index contributed by atoms with van der Waals surface area (Å²) in [5, 5.41) is 8.84. The van der Waals surface area contributed by atoms with Crippen LogP contribution in [-0.2, 0) is 10.0 Å². The molecule has 0 atom stereocenters. The van der Waals surface area contributed by atoms with Crippen molar-refractivity contribution in [3.63, 3.8) is 0 Å². The van der Waals surface area contributed by atoms with E-state index in [9.17, 15) is 8.42 Å². The van der Waals surface area contributed by atoms with E-state index in [1.807, 2.05) is 42.5 Å². The van der Waals surface area contributed by atoms with Crippen LogP contribution in [0.15, 0.2) is 89.8 Å². The van der Waals surface area contributed by atoms with Crippen molar-refractivity contribution in [3.05, 3.63) is 102 Å². The Balaban J connectivity index is 1.73. The van der Waals surface area contributed by atoms with Gasteiger partial charge in [0.05, 0.1) is 16.5 Å². The summed E-state index contributed by atoms with van der Waals surface area (Å²) in [4.78, 5) is 0.164. The Morgan fingerprint density at radius 3 is 1.81 bits per heavy atom. The lowest BCUT2D eigenvalue weighted by atomic mass is 9.89. The van der Waals surface area contributed by atoms with E-state index in [1.165, 1.54) is 24.3 Å². The molecule has 3 aromatic carbocycles. The zero-order valence-electron chi connectivity index (χ0n) is 14.7. The molecule has 1 N–H and O–H groups in total. The molecule has 4 nitrogen and oxygen atoms in total. The standard InChI is InChI=1S/C22H20N2O2S/c23-17-18-11-13-21(14-12-18)27(25,26)24-16-15-22(19-7-3-1-4-8-19)20-9-5-2-6-10-20/h1-14,22,24H,15-16H2. The number of benzene rings is 3. The van der Waals surface area contributed by atoms with Gasteiger partial charge in [0.15, 0.2) is 0 Å². The molecule has 0 fully saturated rings. The molecule has 0 aliphatic carbocycles. The van der Waals surface area contributed by atoms with Crippen LogP contribution in [0.5, 0.6) is 0 Å². The lowest BCUT2D eigenvalue weighted by molar-refractivity contribution is 0.575. The highest BCUT2D eigenvalue weighted by Crippen LogP contribution is 2.27. The monoisotopic (exact) mass is 376 g/mol. The van der Waals surface area contributed by atoms with E-state index in [0.29, 0.717) is 18.5 Å². The predicted molar refractivity (Wildman–Crippen MR) is 106 cm³/mol. The first kappa shape index (κ1) is 18.8. The van der Waals surface area contributed by atoms with E-state index >= 15 is 0 Å². The van der Waals surface area contributed by atoms with E-state index in [4.69, 9.17) is 5.26 Å². The van der Waals surface area contributed by atoms with Crippen molar-refractivity contribution in [2.45, 2.75) is 17.2 Å². The Bertz CT molecular complexity index is 970. The molecule has 5 heteroatoms. The highest BCUT2D eigenvalue weighted by atomic mass is 32.2. The topological polar surface area (TPSA) is 70.0 Å². The Labute approximate surface area is 160 Å². The van der Waals surface area contributed by atoms with Crippen molar-refractivity contribution in [1.82, 2.24) is 4.72 Å². The molecule has 0 aromatic heterocycles. The molecule has 136 valence electrons. The minimum absolute atomic E-state index is 0.107. The summed E-state index contributed by atoms with van der Waals surface area (Å²) >= 11 is 0. The zero-order valence-corrected chi connectivity index (χ0v) is 15.6. The Morgan fingerprint density at radius 1 is 0.815 bits per heavy atom. The van der Waals surface area contributed by atoms with Gasteiger partial charge in [-0.15, -0.1) is 0 Å². The summed E-state index contributed by atoms with van der Waals surface area (Å²) in [6.45, 7) is 0.316. The highest BCUT2D eigenvalue weighted by Gasteiger charge is 2.17. The first-order valence-electron chi connectivity index (χ1n) is 8.70. The average molecular weight is 376 g/mol. The van der Waals surface area contributed by atoms with Crippen molar-refractivity contribution in [3.8, 4) is 6.07 Å². The van der Waals surface area contributed by atoms with Crippen LogP contribution in [0, 0.1) is 11.3 Å². The zero-order chi connectivity index (χ0) is 19.1. The van der Waals surface area contributed by atoms with Gasteiger partial charge in [0.1, 0.15) is 0 Å². The van der Waals surface area contributed by atoms with Crippen LogP contribution in [0.4, 0.5) is 0 Å². The quantitative estimate of drug-likeness (QED) is 0.676. The Kier molecular flexibility index (Phi) is 6.02. The molecule has 0 unspecified atom stereocenters. The summed E-state index contributed by atoms with van der Waals surface area (Å²) < 4.78 is 27.7. The van der Waals surface area contributed by atoms with Crippen LogP contribution in [0.2, 0.25) is 0 Å². The second kappa shape index (κ2) is 8.63. The number of sulfonamides is 1. The summed E-state index contributed by atoms with van der Waals surface area (Å²) in [6, 6.07) is 28.1. The van der Waals surface area contributed by atoms with Gasteiger partial charge in [-0.2, -0.15) is 5.26 Å². The molecule has 27 heavy (non-hydrogen) atoms. The summed E-state index contributed by atoms with van der Waals surface area (Å²) in [5.41, 5.74) is 2.74. The van der Waals surface area contributed by atoms with Crippen molar-refractivity contribution < 1.29 is 8.42 Å². The van der Waals surface area contributed by atoms with Gasteiger partial charge in [-0.25, -0.2) is 13.1 Å². The van der Waals surface area contributed by atoms with Gasteiger partial charge < -0.3 is 0 Å². The number of hydrogen-bond donors (Lipinski definition) is 1. The van der Waals surface area contributed by atoms with Crippen molar-refractivity contribution in [1.29, 1.82) is 5.26 Å². The first-order chi connectivity index (χ1) is 13.1. The maximum atomic E-state index is 12.5. The summed E-state index contributed by atoms with van der Waals surface area (Å²) in [7, 11) is -3.60. The van der Waals surface area contributed by atoms with Gasteiger partial charge in [0.2, 0.25) is 10.0 Å². The molecule has 0 heterocycles. The minimum atomic E-state index is -3.60. The van der Waals surface area contributed by atoms with Crippen LogP contribution in [0.25, 0.3) is 0 Å². The fourth-order valence-electron chi connectivity index (χ4n) is 3.03. The molecule has 0 bridgehead atoms. The molecular formula is C22H20N2O2S. The van der Waals surface area contributed by atoms with E-state index < -0.39 is 10.0 Å². The molecule has 3 aromatic rings. The fourth-order valence-corrected chi connectivity index (χ4v) is 4.07. The van der Waals surface area contributed by atoms with Crippen LogP contribution >= 0.6 is 0 Å². The van der Waals surface area contributed by atoms with Crippen molar-refractivity contribution >= 4 is 10.0 Å². The average Bonchev–Trinajstić information content (AvgIpc) is 2.72. The van der Waals surface area contributed by atoms with E-state index in [-0.39, 0.29) is 10.8 Å². The third-order valence-electron chi connectivity index (χ3n) is 4.42. The molecular weight excluding hydrogens is 356 g/mol. The summed E-state index contributed by atoms with van der Waals surface area (Å²) in [5.74, 6) is 0.107. The lowest BCUT2D eigenvalue weighted by Crippen LogP contribution is -2.26. The molecule has 0 aliphatic rings. The minimum Gasteiger partial charge on any atom is -0.211 e. The smallest absolute Gasteiger partial charge is 0.211 e. The maximum absolute atomic E-state index is 12.5. The molecule has 0 saturated carbocycles.